The second-order valence-corrected chi connectivity index (χ2v) is 9.52. The molecule has 4 heterocycles. The molecule has 3 aromatic rings. The molecule has 2 saturated heterocycles. The van der Waals surface area contributed by atoms with Crippen molar-refractivity contribution in [2.45, 2.75) is 57.4 Å². The molecule has 0 atom stereocenters. The van der Waals surface area contributed by atoms with E-state index >= 15 is 0 Å². The van der Waals surface area contributed by atoms with Gasteiger partial charge in [0, 0.05) is 30.4 Å². The smallest absolute Gasteiger partial charge is 0.409 e. The van der Waals surface area contributed by atoms with Gasteiger partial charge >= 0.3 is 6.09 Å². The van der Waals surface area contributed by atoms with Gasteiger partial charge in [0.25, 0.3) is 5.95 Å². The molecule has 0 N–H and O–H groups in total. The van der Waals surface area contributed by atoms with Crippen molar-refractivity contribution in [2.24, 2.45) is 0 Å². The van der Waals surface area contributed by atoms with Crippen molar-refractivity contribution >= 4 is 17.0 Å². The molecule has 2 aliphatic heterocycles. The van der Waals surface area contributed by atoms with Crippen molar-refractivity contribution < 1.29 is 18.4 Å². The summed E-state index contributed by atoms with van der Waals surface area (Å²) in [6.45, 7) is 7.43. The number of hydrogen-bond acceptors (Lipinski definition) is 7. The Balaban J connectivity index is 1.26. The molecule has 0 unspecified atom stereocenters. The fourth-order valence-electron chi connectivity index (χ4n) is 5.25. The largest absolute Gasteiger partial charge is 0.453 e. The summed E-state index contributed by atoms with van der Waals surface area (Å²) in [5.74, 6) is 0.815. The lowest BCUT2D eigenvalue weighted by atomic mass is 9.93. The van der Waals surface area contributed by atoms with Crippen LogP contribution in [-0.4, -0.2) is 75.1 Å². The number of halogens is 1. The van der Waals surface area contributed by atoms with E-state index < -0.39 is 0 Å². The number of likely N-dealkylation sites (tertiary alicyclic amines) is 2. The van der Waals surface area contributed by atoms with Crippen LogP contribution in [0.25, 0.3) is 16.9 Å². The van der Waals surface area contributed by atoms with Gasteiger partial charge in [0.2, 0.25) is 5.89 Å². The highest BCUT2D eigenvalue weighted by Gasteiger charge is 2.32. The maximum atomic E-state index is 14.7. The molecule has 182 valence electrons. The van der Waals surface area contributed by atoms with Crippen molar-refractivity contribution in [3.63, 3.8) is 0 Å². The first-order chi connectivity index (χ1) is 16.5. The summed E-state index contributed by atoms with van der Waals surface area (Å²) in [6, 6.07) is 5.48. The summed E-state index contributed by atoms with van der Waals surface area (Å²) in [7, 11) is 1.43. The lowest BCUT2D eigenvalue weighted by molar-refractivity contribution is 0.0712. The van der Waals surface area contributed by atoms with Gasteiger partial charge in [-0.3, -0.25) is 0 Å². The first-order valence-corrected chi connectivity index (χ1v) is 12.0. The molecule has 2 aromatic heterocycles. The van der Waals surface area contributed by atoms with Crippen LogP contribution < -0.4 is 0 Å². The maximum Gasteiger partial charge on any atom is 0.409 e. The first-order valence-electron chi connectivity index (χ1n) is 12.0. The summed E-state index contributed by atoms with van der Waals surface area (Å²) >= 11 is 0. The molecule has 0 spiro atoms. The number of piperidine rings is 2. The van der Waals surface area contributed by atoms with E-state index in [9.17, 15) is 9.18 Å². The monoisotopic (exact) mass is 470 g/mol. The number of nitrogens with zero attached hydrogens (tertiary/aromatic N) is 6. The van der Waals surface area contributed by atoms with Gasteiger partial charge in [-0.1, -0.05) is 26.0 Å². The van der Waals surface area contributed by atoms with Crippen LogP contribution >= 0.6 is 0 Å². The second kappa shape index (κ2) is 9.32. The van der Waals surface area contributed by atoms with Crippen molar-refractivity contribution in [1.82, 2.24) is 29.7 Å². The van der Waals surface area contributed by atoms with E-state index in [4.69, 9.17) is 9.26 Å². The molecule has 1 amide bonds. The number of ether oxygens (including phenoxy) is 1. The highest BCUT2D eigenvalue weighted by atomic mass is 19.1. The van der Waals surface area contributed by atoms with Crippen LogP contribution in [0.1, 0.15) is 63.0 Å². The van der Waals surface area contributed by atoms with E-state index in [1.807, 2.05) is 19.9 Å². The molecular weight excluding hydrogens is 439 g/mol. The molecule has 0 bridgehead atoms. The third-order valence-corrected chi connectivity index (χ3v) is 7.14. The highest BCUT2D eigenvalue weighted by Crippen LogP contribution is 2.32. The number of hydrogen-bond donors (Lipinski definition) is 0. The van der Waals surface area contributed by atoms with E-state index in [0.29, 0.717) is 17.4 Å². The molecular formula is C24H31FN6O3. The van der Waals surface area contributed by atoms with Crippen molar-refractivity contribution in [2.75, 3.05) is 33.3 Å². The van der Waals surface area contributed by atoms with Crippen LogP contribution in [0.15, 0.2) is 22.7 Å². The lowest BCUT2D eigenvalue weighted by Gasteiger charge is -2.40. The molecule has 2 aliphatic rings. The minimum Gasteiger partial charge on any atom is -0.453 e. The first kappa shape index (κ1) is 22.8. The summed E-state index contributed by atoms with van der Waals surface area (Å²) in [5, 5.41) is 9.55. The SMILES string of the molecule is COC(=O)N1CCC(N2CCC(c3nc(-n4nc(C(C)C)c5cccc(F)c54)no3)CC2)CC1. The van der Waals surface area contributed by atoms with E-state index in [0.717, 1.165) is 62.9 Å². The Labute approximate surface area is 197 Å². The third kappa shape index (κ3) is 4.15. The Morgan fingerprint density at radius 1 is 1.15 bits per heavy atom. The van der Waals surface area contributed by atoms with E-state index in [-0.39, 0.29) is 29.7 Å². The van der Waals surface area contributed by atoms with Gasteiger partial charge < -0.3 is 19.1 Å². The Morgan fingerprint density at radius 2 is 1.88 bits per heavy atom. The van der Waals surface area contributed by atoms with Crippen molar-refractivity contribution in [1.29, 1.82) is 0 Å². The number of para-hydroxylation sites is 1. The normalized spacial score (nSPS) is 18.8. The van der Waals surface area contributed by atoms with Gasteiger partial charge in [-0.2, -0.15) is 14.8 Å². The minimum atomic E-state index is -0.352. The molecule has 2 fully saturated rings. The molecule has 34 heavy (non-hydrogen) atoms. The number of carbonyl (C=O) groups excluding carboxylic acids is 1. The van der Waals surface area contributed by atoms with Gasteiger partial charge in [0.1, 0.15) is 11.3 Å². The quantitative estimate of drug-likeness (QED) is 0.568. The van der Waals surface area contributed by atoms with Gasteiger partial charge in [-0.05, 0) is 55.9 Å². The highest BCUT2D eigenvalue weighted by molar-refractivity contribution is 5.84. The number of amides is 1. The number of carbonyl (C=O) groups is 1. The fourth-order valence-corrected chi connectivity index (χ4v) is 5.25. The van der Waals surface area contributed by atoms with E-state index in [1.54, 1.807) is 11.0 Å². The Kier molecular flexibility index (Phi) is 6.24. The molecule has 10 heteroatoms. The van der Waals surface area contributed by atoms with Crippen LogP contribution in [0, 0.1) is 5.82 Å². The zero-order valence-corrected chi connectivity index (χ0v) is 19.9. The molecule has 0 radical (unpaired) electrons. The number of rotatable bonds is 4. The number of methoxy groups -OCH3 is 1. The zero-order valence-electron chi connectivity index (χ0n) is 19.9. The van der Waals surface area contributed by atoms with E-state index in [1.165, 1.54) is 17.9 Å². The van der Waals surface area contributed by atoms with Gasteiger partial charge in [-0.25, -0.2) is 9.18 Å². The van der Waals surface area contributed by atoms with Crippen LogP contribution in [0.3, 0.4) is 0 Å². The molecule has 0 saturated carbocycles. The summed E-state index contributed by atoms with van der Waals surface area (Å²) in [5.41, 5.74) is 1.19. The van der Waals surface area contributed by atoms with Crippen molar-refractivity contribution in [3.8, 4) is 5.95 Å². The molecule has 5 rings (SSSR count). The maximum absolute atomic E-state index is 14.7. The standard InChI is InChI=1S/C24H31FN6O3/c1-15(2)20-18-5-4-6-19(25)21(18)31(27-20)23-26-22(34-28-23)16-7-11-29(12-8-16)17-9-13-30(14-10-17)24(32)33-3/h4-6,15-17H,7-14H2,1-3H3. The summed E-state index contributed by atoms with van der Waals surface area (Å²) in [4.78, 5) is 20.6. The van der Waals surface area contributed by atoms with Gasteiger partial charge in [0.15, 0.2) is 0 Å². The van der Waals surface area contributed by atoms with Crippen molar-refractivity contribution in [3.05, 3.63) is 35.6 Å². The van der Waals surface area contributed by atoms with Crippen LogP contribution in [0.2, 0.25) is 0 Å². The third-order valence-electron chi connectivity index (χ3n) is 7.14. The average molecular weight is 471 g/mol. The number of benzene rings is 1. The van der Waals surface area contributed by atoms with Gasteiger partial charge in [-0.15, -0.1) is 0 Å². The van der Waals surface area contributed by atoms with Crippen LogP contribution in [-0.2, 0) is 4.74 Å². The Bertz CT molecular complexity index is 1160. The zero-order chi connectivity index (χ0) is 23.8. The molecule has 0 aliphatic carbocycles. The lowest BCUT2D eigenvalue weighted by Crippen LogP contribution is -2.48. The number of aromatic nitrogens is 4. The average Bonchev–Trinajstić information content (AvgIpc) is 3.50. The predicted molar refractivity (Wildman–Crippen MR) is 124 cm³/mol. The summed E-state index contributed by atoms with van der Waals surface area (Å²) < 4.78 is 26.6. The second-order valence-electron chi connectivity index (χ2n) is 9.52. The van der Waals surface area contributed by atoms with E-state index in [2.05, 4.69) is 20.1 Å². The number of fused-ring (bicyclic) bond motifs is 1. The molecule has 9 nitrogen and oxygen atoms in total. The Morgan fingerprint density at radius 3 is 2.56 bits per heavy atom. The Hall–Kier alpha value is -3.01. The summed E-state index contributed by atoms with van der Waals surface area (Å²) in [6.07, 6.45) is 3.52. The van der Waals surface area contributed by atoms with Gasteiger partial charge in [0.05, 0.1) is 12.8 Å². The predicted octanol–water partition coefficient (Wildman–Crippen LogP) is 4.08. The van der Waals surface area contributed by atoms with Crippen LogP contribution in [0.5, 0.6) is 0 Å². The molecule has 1 aromatic carbocycles. The fraction of sp³-hybridized carbons (Fsp3) is 0.583. The minimum absolute atomic E-state index is 0.140. The topological polar surface area (TPSA) is 89.5 Å². The van der Waals surface area contributed by atoms with Crippen LogP contribution in [0.4, 0.5) is 9.18 Å².